The number of thiocarbonyl (C=S) groups is 1. The van der Waals surface area contributed by atoms with Crippen molar-refractivity contribution in [2.24, 2.45) is 11.8 Å². The number of H-pyrrole nitrogens is 1. The molecule has 0 saturated heterocycles. The van der Waals surface area contributed by atoms with Crippen LogP contribution in [-0.2, 0) is 46.4 Å². The Morgan fingerprint density at radius 1 is 1.02 bits per heavy atom. The van der Waals surface area contributed by atoms with Gasteiger partial charge in [-0.3, -0.25) is 14.4 Å². The summed E-state index contributed by atoms with van der Waals surface area (Å²) < 4.78 is 58.5. The van der Waals surface area contributed by atoms with Crippen LogP contribution in [0.3, 0.4) is 0 Å². The molecule has 54 heavy (non-hydrogen) atoms. The molecule has 5 atom stereocenters. The third-order valence-corrected chi connectivity index (χ3v) is 10.9. The van der Waals surface area contributed by atoms with Crippen LogP contribution in [0.15, 0.2) is 61.2 Å². The Hall–Kier alpha value is -4.79. The quantitative estimate of drug-likeness (QED) is 0.0769. The lowest BCUT2D eigenvalue weighted by Crippen LogP contribution is -2.67. The first-order valence-electron chi connectivity index (χ1n) is 18.3. The molecular weight excluding hydrogens is 723 g/mol. The summed E-state index contributed by atoms with van der Waals surface area (Å²) in [4.78, 5) is 49.7. The molecule has 5 N–H and O–H groups in total. The van der Waals surface area contributed by atoms with Gasteiger partial charge in [0.05, 0.1) is 34.9 Å². The Labute approximate surface area is 317 Å². The molecule has 2 aromatic heterocycles. The molecule has 1 aliphatic rings. The number of aromatic nitrogens is 3. The lowest BCUT2D eigenvalue weighted by molar-refractivity contribution is -0.137. The van der Waals surface area contributed by atoms with E-state index in [1.165, 1.54) is 24.3 Å². The van der Waals surface area contributed by atoms with E-state index in [1.54, 1.807) is 31.6 Å². The number of alkyl halides is 3. The van der Waals surface area contributed by atoms with Gasteiger partial charge in [-0.2, -0.15) is 13.2 Å². The third kappa shape index (κ3) is 9.11. The Kier molecular flexibility index (Phi) is 12.8. The van der Waals surface area contributed by atoms with Gasteiger partial charge in [0.25, 0.3) is 0 Å². The maximum atomic E-state index is 14.8. The standard InChI is InChI=1S/C39H47F4N7O3S/c1-5-23(3)32(47-31(51)20-25-10-7-8-13-29(25)40)35(52)49-38(15-14-30-27(21-38)26-11-9-12-28(34(26)46-30)39(41,42)43)37(53)48-33(24(4)6-2)36(54)45-17-19-50-18-16-44-22-50/h7-13,16,18,22-24,32-33,46H,5-6,14-15,17,19-21H2,1-4H3,(H,45,54)(H,47,51)(H,48,53)(H,49,52)/t23?,24-,32-,33?,38+/m0/s1. The van der Waals surface area contributed by atoms with Crippen LogP contribution in [0.1, 0.15) is 69.3 Å². The van der Waals surface area contributed by atoms with Gasteiger partial charge in [0.1, 0.15) is 17.4 Å². The Morgan fingerprint density at radius 3 is 2.41 bits per heavy atom. The van der Waals surface area contributed by atoms with Crippen molar-refractivity contribution in [2.45, 2.75) is 96.6 Å². The third-order valence-electron chi connectivity index (χ3n) is 10.5. The van der Waals surface area contributed by atoms with Gasteiger partial charge in [-0.25, -0.2) is 9.37 Å². The lowest BCUT2D eigenvalue weighted by Gasteiger charge is -2.40. The lowest BCUT2D eigenvalue weighted by atomic mass is 9.78. The molecule has 5 rings (SSSR count). The average molecular weight is 770 g/mol. The first kappa shape index (κ1) is 40.4. The zero-order valence-corrected chi connectivity index (χ0v) is 31.6. The second-order valence-corrected chi connectivity index (χ2v) is 14.6. The van der Waals surface area contributed by atoms with Crippen molar-refractivity contribution >= 4 is 45.8 Å². The molecule has 0 bridgehead atoms. The van der Waals surface area contributed by atoms with E-state index in [-0.39, 0.29) is 42.7 Å². The second-order valence-electron chi connectivity index (χ2n) is 14.2. The SMILES string of the molecule is CCC(C)[C@H](NC(=O)Cc1ccccc1F)C(=O)N[C@]1(C(=O)NC(C(=S)NCCn2ccnc2)[C@@H](C)CC)CCc2[nH]c3c(C(F)(F)F)cccc3c2C1. The Morgan fingerprint density at radius 2 is 1.74 bits per heavy atom. The van der Waals surface area contributed by atoms with Gasteiger partial charge >= 0.3 is 6.18 Å². The van der Waals surface area contributed by atoms with Gasteiger partial charge in [0, 0.05) is 43.0 Å². The number of para-hydroxylation sites is 1. The minimum Gasteiger partial charge on any atom is -0.376 e. The maximum Gasteiger partial charge on any atom is 0.418 e. The highest BCUT2D eigenvalue weighted by molar-refractivity contribution is 7.80. The van der Waals surface area contributed by atoms with Crippen molar-refractivity contribution in [3.05, 3.63) is 89.4 Å². The number of hydrogen-bond acceptors (Lipinski definition) is 5. The van der Waals surface area contributed by atoms with Gasteiger partial charge in [0.2, 0.25) is 17.7 Å². The highest BCUT2D eigenvalue weighted by Gasteiger charge is 2.47. The summed E-state index contributed by atoms with van der Waals surface area (Å²) in [5.74, 6) is -2.83. The number of fused-ring (bicyclic) bond motifs is 3. The number of imidazole rings is 1. The molecule has 0 saturated carbocycles. The van der Waals surface area contributed by atoms with E-state index in [0.717, 1.165) is 6.07 Å². The van der Waals surface area contributed by atoms with Gasteiger partial charge in [-0.15, -0.1) is 0 Å². The van der Waals surface area contributed by atoms with E-state index < -0.39 is 58.8 Å². The summed E-state index contributed by atoms with van der Waals surface area (Å²) in [6.07, 6.45) is 1.47. The van der Waals surface area contributed by atoms with Gasteiger partial charge < -0.3 is 30.8 Å². The predicted molar refractivity (Wildman–Crippen MR) is 202 cm³/mol. The number of nitrogens with zero attached hydrogens (tertiary/aromatic N) is 2. The molecule has 3 amide bonds. The largest absolute Gasteiger partial charge is 0.418 e. The topological polar surface area (TPSA) is 133 Å². The predicted octanol–water partition coefficient (Wildman–Crippen LogP) is 5.79. The zero-order chi connectivity index (χ0) is 39.2. The van der Waals surface area contributed by atoms with Crippen LogP contribution in [0.4, 0.5) is 17.6 Å². The average Bonchev–Trinajstić information content (AvgIpc) is 3.80. The van der Waals surface area contributed by atoms with E-state index >= 15 is 0 Å². The van der Waals surface area contributed by atoms with Crippen molar-refractivity contribution in [1.82, 2.24) is 35.8 Å². The molecule has 0 fully saturated rings. The minimum atomic E-state index is -4.62. The second kappa shape index (κ2) is 17.1. The fourth-order valence-corrected chi connectivity index (χ4v) is 7.33. The molecule has 15 heteroatoms. The number of carbonyl (C=O) groups excluding carboxylic acids is 3. The molecule has 0 spiro atoms. The number of nitrogens with one attached hydrogen (secondary N) is 5. The van der Waals surface area contributed by atoms with Crippen LogP contribution in [0.5, 0.6) is 0 Å². The first-order valence-corrected chi connectivity index (χ1v) is 18.7. The van der Waals surface area contributed by atoms with Crippen molar-refractivity contribution in [3.8, 4) is 0 Å². The molecule has 2 aromatic carbocycles. The zero-order valence-electron chi connectivity index (χ0n) is 30.8. The molecule has 4 aromatic rings. The Bertz CT molecular complexity index is 1960. The van der Waals surface area contributed by atoms with Gasteiger partial charge in [-0.1, -0.05) is 83.1 Å². The number of hydrogen-bond donors (Lipinski definition) is 5. The first-order chi connectivity index (χ1) is 25.7. The van der Waals surface area contributed by atoms with Crippen molar-refractivity contribution < 1.29 is 31.9 Å². The van der Waals surface area contributed by atoms with Gasteiger partial charge in [-0.05, 0) is 47.9 Å². The van der Waals surface area contributed by atoms with Crippen LogP contribution in [0.2, 0.25) is 0 Å². The smallest absolute Gasteiger partial charge is 0.376 e. The van der Waals surface area contributed by atoms with Crippen LogP contribution >= 0.6 is 12.2 Å². The summed E-state index contributed by atoms with van der Waals surface area (Å²) in [5.41, 5.74) is -1.35. The van der Waals surface area contributed by atoms with Crippen LogP contribution in [0, 0.1) is 17.7 Å². The molecule has 2 heterocycles. The van der Waals surface area contributed by atoms with Crippen LogP contribution < -0.4 is 21.3 Å². The molecule has 0 aliphatic heterocycles. The van der Waals surface area contributed by atoms with Crippen molar-refractivity contribution in [2.75, 3.05) is 6.54 Å². The fourth-order valence-electron chi connectivity index (χ4n) is 6.94. The highest BCUT2D eigenvalue weighted by atomic mass is 32.1. The van der Waals surface area contributed by atoms with Gasteiger partial charge in [0.15, 0.2) is 0 Å². The summed E-state index contributed by atoms with van der Waals surface area (Å²) in [6, 6.07) is 8.02. The van der Waals surface area contributed by atoms with Crippen molar-refractivity contribution in [1.29, 1.82) is 0 Å². The molecule has 0 radical (unpaired) electrons. The van der Waals surface area contributed by atoms with Crippen LogP contribution in [0.25, 0.3) is 10.9 Å². The summed E-state index contributed by atoms with van der Waals surface area (Å²) >= 11 is 5.80. The molecule has 10 nitrogen and oxygen atoms in total. The number of rotatable bonds is 15. The number of benzene rings is 2. The monoisotopic (exact) mass is 769 g/mol. The number of halogens is 4. The van der Waals surface area contributed by atoms with E-state index in [9.17, 15) is 31.9 Å². The van der Waals surface area contributed by atoms with E-state index in [0.29, 0.717) is 47.6 Å². The summed E-state index contributed by atoms with van der Waals surface area (Å²) in [6.45, 7) is 8.58. The maximum absolute atomic E-state index is 14.8. The van der Waals surface area contributed by atoms with E-state index in [1.807, 2.05) is 31.5 Å². The summed E-state index contributed by atoms with van der Waals surface area (Å²) in [7, 11) is 0. The molecule has 1 aliphatic carbocycles. The van der Waals surface area contributed by atoms with E-state index in [2.05, 4.69) is 31.2 Å². The van der Waals surface area contributed by atoms with E-state index in [4.69, 9.17) is 12.2 Å². The number of aromatic amines is 1. The Balaban J connectivity index is 1.47. The normalized spacial score (nSPS) is 17.9. The molecule has 290 valence electrons. The number of amides is 3. The number of carbonyl (C=O) groups is 3. The fraction of sp³-hybridized carbons (Fsp3) is 0.462. The minimum absolute atomic E-state index is 0.0518. The summed E-state index contributed by atoms with van der Waals surface area (Å²) in [5, 5.41) is 12.4. The van der Waals surface area contributed by atoms with Crippen LogP contribution in [-0.4, -0.2) is 61.4 Å². The van der Waals surface area contributed by atoms with Crippen molar-refractivity contribution in [3.63, 3.8) is 0 Å². The highest BCUT2D eigenvalue weighted by Crippen LogP contribution is 2.40. The number of aryl methyl sites for hydroxylation is 1. The molecule has 2 unspecified atom stereocenters. The molecular formula is C39H47F4N7O3S.